The van der Waals surface area contributed by atoms with E-state index in [2.05, 4.69) is 10.4 Å². The fraction of sp³-hybridized carbons (Fsp3) is 0.385. The minimum atomic E-state index is -0.735. The van der Waals surface area contributed by atoms with Gasteiger partial charge in [0.1, 0.15) is 17.4 Å². The quantitative estimate of drug-likeness (QED) is 0.819. The lowest BCUT2D eigenvalue weighted by Gasteiger charge is -2.08. The summed E-state index contributed by atoms with van der Waals surface area (Å²) in [5.74, 6) is 0.469. The molecule has 7 heteroatoms. The van der Waals surface area contributed by atoms with Crippen molar-refractivity contribution in [3.05, 3.63) is 35.9 Å². The first-order valence-electron chi connectivity index (χ1n) is 6.19. The standard InChI is InChI=1S/C13H17N3O4/c1-16-8-9(13(15-16)19-2)12(18)14-6-5-10(17)11-4-3-7-20-11/h3-4,7-8,10,17H,5-6H2,1-2H3,(H,14,18)/t10-/m1/s1. The highest BCUT2D eigenvalue weighted by Gasteiger charge is 2.17. The molecule has 0 saturated heterocycles. The highest BCUT2D eigenvalue weighted by Crippen LogP contribution is 2.17. The molecule has 0 aromatic carbocycles. The van der Waals surface area contributed by atoms with Crippen molar-refractivity contribution in [1.29, 1.82) is 0 Å². The summed E-state index contributed by atoms with van der Waals surface area (Å²) in [6.45, 7) is 0.318. The number of nitrogens with zero attached hydrogens (tertiary/aromatic N) is 2. The average molecular weight is 279 g/mol. The number of hydrogen-bond acceptors (Lipinski definition) is 5. The molecule has 2 heterocycles. The Hall–Kier alpha value is -2.28. The number of aryl methyl sites for hydroxylation is 1. The number of carbonyl (C=O) groups is 1. The van der Waals surface area contributed by atoms with Crippen molar-refractivity contribution >= 4 is 5.91 Å². The van der Waals surface area contributed by atoms with Crippen LogP contribution in [0.25, 0.3) is 0 Å². The van der Waals surface area contributed by atoms with Crippen LogP contribution in [-0.2, 0) is 7.05 Å². The van der Waals surface area contributed by atoms with Gasteiger partial charge in [-0.3, -0.25) is 9.48 Å². The van der Waals surface area contributed by atoms with Gasteiger partial charge in [0, 0.05) is 19.8 Å². The Morgan fingerprint density at radius 1 is 1.65 bits per heavy atom. The maximum Gasteiger partial charge on any atom is 0.258 e. The number of nitrogens with one attached hydrogen (secondary N) is 1. The van der Waals surface area contributed by atoms with E-state index in [0.29, 0.717) is 24.3 Å². The Balaban J connectivity index is 1.86. The largest absolute Gasteiger partial charge is 0.479 e. The van der Waals surface area contributed by atoms with Crippen LogP contribution in [0.1, 0.15) is 28.6 Å². The van der Waals surface area contributed by atoms with E-state index < -0.39 is 6.10 Å². The van der Waals surface area contributed by atoms with Gasteiger partial charge >= 0.3 is 0 Å². The van der Waals surface area contributed by atoms with Crippen LogP contribution in [0.3, 0.4) is 0 Å². The Kier molecular flexibility index (Phi) is 4.41. The monoisotopic (exact) mass is 279 g/mol. The summed E-state index contributed by atoms with van der Waals surface area (Å²) in [6.07, 6.45) is 2.71. The van der Waals surface area contributed by atoms with Gasteiger partial charge in [-0.2, -0.15) is 0 Å². The predicted molar refractivity (Wildman–Crippen MR) is 70.4 cm³/mol. The number of ether oxygens (including phenoxy) is 1. The van der Waals surface area contributed by atoms with E-state index in [4.69, 9.17) is 9.15 Å². The van der Waals surface area contributed by atoms with E-state index in [1.54, 1.807) is 25.4 Å². The van der Waals surface area contributed by atoms with Gasteiger partial charge in [0.05, 0.1) is 13.4 Å². The van der Waals surface area contributed by atoms with Gasteiger partial charge in [-0.05, 0) is 18.6 Å². The number of aliphatic hydroxyl groups excluding tert-OH is 1. The minimum Gasteiger partial charge on any atom is -0.479 e. The molecule has 0 spiro atoms. The lowest BCUT2D eigenvalue weighted by atomic mass is 10.2. The number of carbonyl (C=O) groups excluding carboxylic acids is 1. The van der Waals surface area contributed by atoms with E-state index in [1.807, 2.05) is 0 Å². The number of aliphatic hydroxyl groups is 1. The van der Waals surface area contributed by atoms with Gasteiger partial charge < -0.3 is 19.6 Å². The zero-order valence-electron chi connectivity index (χ0n) is 11.4. The molecule has 1 amide bonds. The third kappa shape index (κ3) is 3.18. The summed E-state index contributed by atoms with van der Waals surface area (Å²) >= 11 is 0. The Morgan fingerprint density at radius 3 is 3.10 bits per heavy atom. The average Bonchev–Trinajstić information content (AvgIpc) is 3.07. The van der Waals surface area contributed by atoms with E-state index in [-0.39, 0.29) is 11.8 Å². The van der Waals surface area contributed by atoms with E-state index in [9.17, 15) is 9.90 Å². The van der Waals surface area contributed by atoms with E-state index in [0.717, 1.165) is 0 Å². The molecule has 0 saturated carbocycles. The number of rotatable bonds is 6. The maximum atomic E-state index is 12.0. The van der Waals surface area contributed by atoms with Crippen molar-refractivity contribution in [2.24, 2.45) is 7.05 Å². The van der Waals surface area contributed by atoms with Crippen LogP contribution in [0.15, 0.2) is 29.0 Å². The number of amides is 1. The van der Waals surface area contributed by atoms with Crippen LogP contribution in [-0.4, -0.2) is 34.4 Å². The number of furan rings is 1. The van der Waals surface area contributed by atoms with E-state index >= 15 is 0 Å². The van der Waals surface area contributed by atoms with Crippen LogP contribution in [0.2, 0.25) is 0 Å². The van der Waals surface area contributed by atoms with Gasteiger partial charge in [-0.15, -0.1) is 5.10 Å². The first-order valence-corrected chi connectivity index (χ1v) is 6.19. The number of aromatic nitrogens is 2. The van der Waals surface area contributed by atoms with Crippen LogP contribution >= 0.6 is 0 Å². The van der Waals surface area contributed by atoms with Crippen LogP contribution < -0.4 is 10.1 Å². The normalized spacial score (nSPS) is 12.2. The molecular weight excluding hydrogens is 262 g/mol. The summed E-state index contributed by atoms with van der Waals surface area (Å²) < 4.78 is 11.6. The van der Waals surface area contributed by atoms with Crippen molar-refractivity contribution in [1.82, 2.24) is 15.1 Å². The van der Waals surface area contributed by atoms with Gasteiger partial charge in [0.25, 0.3) is 5.91 Å². The summed E-state index contributed by atoms with van der Waals surface area (Å²) in [4.78, 5) is 12.0. The molecule has 0 aliphatic rings. The Morgan fingerprint density at radius 2 is 2.45 bits per heavy atom. The van der Waals surface area contributed by atoms with Gasteiger partial charge in [-0.1, -0.05) is 0 Å². The van der Waals surface area contributed by atoms with Crippen molar-refractivity contribution in [2.45, 2.75) is 12.5 Å². The molecule has 0 radical (unpaired) electrons. The smallest absolute Gasteiger partial charge is 0.258 e. The van der Waals surface area contributed by atoms with E-state index in [1.165, 1.54) is 18.1 Å². The molecule has 108 valence electrons. The highest BCUT2D eigenvalue weighted by atomic mass is 16.5. The maximum absolute atomic E-state index is 12.0. The number of methoxy groups -OCH3 is 1. The SMILES string of the molecule is COc1nn(C)cc1C(=O)NCC[C@@H](O)c1ccco1. The molecule has 0 aliphatic heterocycles. The fourth-order valence-electron chi connectivity index (χ4n) is 1.82. The Bertz CT molecular complexity index is 562. The summed E-state index contributed by atoms with van der Waals surface area (Å²) in [7, 11) is 3.17. The predicted octanol–water partition coefficient (Wildman–Crippen LogP) is 0.875. The first-order chi connectivity index (χ1) is 9.61. The minimum absolute atomic E-state index is 0.275. The number of hydrogen-bond donors (Lipinski definition) is 2. The third-order valence-electron chi connectivity index (χ3n) is 2.81. The lowest BCUT2D eigenvalue weighted by molar-refractivity contribution is 0.0933. The first kappa shape index (κ1) is 14.1. The summed E-state index contributed by atoms with van der Waals surface area (Å²) in [5, 5.41) is 16.5. The molecule has 2 N–H and O–H groups in total. The summed E-state index contributed by atoms with van der Waals surface area (Å²) in [6, 6.07) is 3.40. The third-order valence-corrected chi connectivity index (χ3v) is 2.81. The zero-order chi connectivity index (χ0) is 14.5. The molecule has 20 heavy (non-hydrogen) atoms. The van der Waals surface area contributed by atoms with Crippen LogP contribution in [0, 0.1) is 0 Å². The molecule has 0 unspecified atom stereocenters. The van der Waals surface area contributed by atoms with Gasteiger partial charge in [-0.25, -0.2) is 0 Å². The topological polar surface area (TPSA) is 89.5 Å². The molecule has 0 fully saturated rings. The molecular formula is C13H17N3O4. The molecule has 2 rings (SSSR count). The van der Waals surface area contributed by atoms with Crippen molar-refractivity contribution in [3.8, 4) is 5.88 Å². The van der Waals surface area contributed by atoms with Gasteiger partial charge in [0.15, 0.2) is 0 Å². The fourth-order valence-corrected chi connectivity index (χ4v) is 1.82. The molecule has 2 aromatic heterocycles. The Labute approximate surface area is 116 Å². The molecule has 7 nitrogen and oxygen atoms in total. The zero-order valence-corrected chi connectivity index (χ0v) is 11.4. The highest BCUT2D eigenvalue weighted by molar-refractivity contribution is 5.96. The van der Waals surface area contributed by atoms with Gasteiger partial charge in [0.2, 0.25) is 5.88 Å². The second kappa shape index (κ2) is 6.25. The second-order valence-electron chi connectivity index (χ2n) is 4.30. The van der Waals surface area contributed by atoms with Crippen molar-refractivity contribution in [3.63, 3.8) is 0 Å². The molecule has 0 aliphatic carbocycles. The molecule has 0 bridgehead atoms. The second-order valence-corrected chi connectivity index (χ2v) is 4.30. The molecule has 1 atom stereocenters. The molecule has 2 aromatic rings. The van der Waals surface area contributed by atoms with Crippen LogP contribution in [0.5, 0.6) is 5.88 Å². The van der Waals surface area contributed by atoms with Crippen molar-refractivity contribution in [2.75, 3.05) is 13.7 Å². The summed E-state index contributed by atoms with van der Waals surface area (Å²) in [5.41, 5.74) is 0.363. The van der Waals surface area contributed by atoms with Crippen LogP contribution in [0.4, 0.5) is 0 Å². The van der Waals surface area contributed by atoms with Crippen molar-refractivity contribution < 1.29 is 19.1 Å². The lowest BCUT2D eigenvalue weighted by Crippen LogP contribution is -2.25.